The van der Waals surface area contributed by atoms with Crippen molar-refractivity contribution in [2.24, 2.45) is 5.92 Å². The van der Waals surface area contributed by atoms with E-state index in [9.17, 15) is 18.0 Å². The van der Waals surface area contributed by atoms with Gasteiger partial charge in [-0.2, -0.15) is 0 Å². The molecule has 3 N–H and O–H groups in total. The Morgan fingerprint density at radius 3 is 2.52 bits per heavy atom. The first kappa shape index (κ1) is 29.3. The van der Waals surface area contributed by atoms with Crippen LogP contribution in [0, 0.1) is 5.92 Å². The third kappa shape index (κ3) is 7.75. The average Bonchev–Trinajstić information content (AvgIpc) is 3.00. The Morgan fingerprint density at radius 1 is 1.02 bits per heavy atom. The average molecular weight is 585 g/mol. The Morgan fingerprint density at radius 2 is 1.79 bits per heavy atom. The lowest BCUT2D eigenvalue weighted by Crippen LogP contribution is -2.43. The molecule has 1 atom stereocenters. The van der Waals surface area contributed by atoms with Crippen LogP contribution in [0.3, 0.4) is 0 Å². The van der Waals surface area contributed by atoms with Crippen molar-refractivity contribution in [1.82, 2.24) is 15.6 Å². The highest BCUT2D eigenvalue weighted by atomic mass is 19.4. The number of amides is 1. The number of carbonyl (C=O) groups is 1. The number of piperazine rings is 1. The monoisotopic (exact) mass is 584 g/mol. The molecule has 224 valence electrons. The molecule has 0 bridgehead atoms. The van der Waals surface area contributed by atoms with Crippen LogP contribution in [0.2, 0.25) is 0 Å². The second kappa shape index (κ2) is 13.2. The molecule has 42 heavy (non-hydrogen) atoms. The molecule has 2 aromatic carbocycles. The second-order valence-corrected chi connectivity index (χ2v) is 10.3. The van der Waals surface area contributed by atoms with E-state index in [1.807, 2.05) is 24.3 Å². The quantitative estimate of drug-likeness (QED) is 0.334. The maximum atomic E-state index is 13.0. The van der Waals surface area contributed by atoms with Crippen molar-refractivity contribution in [2.45, 2.75) is 25.7 Å². The highest BCUT2D eigenvalue weighted by molar-refractivity contribution is 5.79. The van der Waals surface area contributed by atoms with Gasteiger partial charge in [0.25, 0.3) is 0 Å². The Kier molecular flexibility index (Phi) is 9.21. The minimum absolute atomic E-state index is 0.0861. The van der Waals surface area contributed by atoms with Crippen molar-refractivity contribution in [3.8, 4) is 11.5 Å². The van der Waals surface area contributed by atoms with Crippen molar-refractivity contribution in [3.63, 3.8) is 0 Å². The molecule has 1 aromatic heterocycles. The predicted octanol–water partition coefficient (Wildman–Crippen LogP) is 4.67. The van der Waals surface area contributed by atoms with E-state index in [1.165, 1.54) is 24.3 Å². The highest BCUT2D eigenvalue weighted by Crippen LogP contribution is 2.33. The smallest absolute Gasteiger partial charge is 0.494 e. The van der Waals surface area contributed by atoms with Gasteiger partial charge in [0.2, 0.25) is 5.91 Å². The summed E-state index contributed by atoms with van der Waals surface area (Å²) in [4.78, 5) is 22.0. The summed E-state index contributed by atoms with van der Waals surface area (Å²) in [6.07, 6.45) is -1.38. The molecule has 5 rings (SSSR count). The maximum Gasteiger partial charge on any atom is 0.573 e. The Bertz CT molecular complexity index is 1350. The van der Waals surface area contributed by atoms with Gasteiger partial charge in [-0.1, -0.05) is 12.1 Å². The van der Waals surface area contributed by atoms with Gasteiger partial charge < -0.3 is 35.2 Å². The molecule has 9 nitrogen and oxygen atoms in total. The summed E-state index contributed by atoms with van der Waals surface area (Å²) in [7, 11) is 1.65. The number of ether oxygens (including phenoxy) is 2. The Balaban J connectivity index is 1.18. The van der Waals surface area contributed by atoms with Crippen LogP contribution in [0.5, 0.6) is 11.5 Å². The van der Waals surface area contributed by atoms with Crippen LogP contribution in [0.1, 0.15) is 18.4 Å². The Hall–Kier alpha value is -4.19. The van der Waals surface area contributed by atoms with Crippen LogP contribution < -0.4 is 35.2 Å². The normalized spacial score (nSPS) is 17.5. The number of anilines is 4. The van der Waals surface area contributed by atoms with Crippen molar-refractivity contribution < 1.29 is 27.4 Å². The summed E-state index contributed by atoms with van der Waals surface area (Å²) in [6, 6.07) is 15.5. The van der Waals surface area contributed by atoms with Gasteiger partial charge in [0, 0.05) is 75.5 Å². The molecule has 1 unspecified atom stereocenters. The summed E-state index contributed by atoms with van der Waals surface area (Å²) in [5.41, 5.74) is 3.58. The second-order valence-electron chi connectivity index (χ2n) is 10.3. The number of alkyl halides is 3. The molecule has 2 aliphatic heterocycles. The number of benzene rings is 2. The summed E-state index contributed by atoms with van der Waals surface area (Å²) < 4.78 is 46.7. The zero-order valence-corrected chi connectivity index (χ0v) is 23.4. The van der Waals surface area contributed by atoms with Gasteiger partial charge >= 0.3 is 6.36 Å². The first-order valence-electron chi connectivity index (χ1n) is 14.0. The van der Waals surface area contributed by atoms with E-state index in [1.54, 1.807) is 13.3 Å². The van der Waals surface area contributed by atoms with Crippen LogP contribution in [-0.4, -0.2) is 63.6 Å². The molecule has 2 aliphatic rings. The lowest BCUT2D eigenvalue weighted by atomic mass is 9.96. The number of methoxy groups -OCH3 is 1. The number of halogens is 3. The summed E-state index contributed by atoms with van der Waals surface area (Å²) >= 11 is 0. The number of carbonyl (C=O) groups excluding carboxylic acids is 1. The molecule has 3 heterocycles. The van der Waals surface area contributed by atoms with Gasteiger partial charge in [-0.05, 0) is 48.7 Å². The third-order valence-electron chi connectivity index (χ3n) is 7.45. The number of aromatic nitrogens is 1. The van der Waals surface area contributed by atoms with E-state index in [2.05, 4.69) is 41.5 Å². The zero-order valence-electron chi connectivity index (χ0n) is 23.4. The number of rotatable bonds is 9. The first-order chi connectivity index (χ1) is 20.3. The van der Waals surface area contributed by atoms with Crippen molar-refractivity contribution in [2.75, 3.05) is 61.5 Å². The Labute approximate surface area is 243 Å². The van der Waals surface area contributed by atoms with Gasteiger partial charge in [0.1, 0.15) is 17.3 Å². The van der Waals surface area contributed by atoms with Crippen molar-refractivity contribution in [3.05, 3.63) is 66.4 Å². The summed E-state index contributed by atoms with van der Waals surface area (Å²) in [6.45, 7) is 5.39. The molecule has 0 aliphatic carbocycles. The zero-order chi connectivity index (χ0) is 29.5. The topological polar surface area (TPSA) is 91.0 Å². The molecular formula is C30H35F3N6O3. The fourth-order valence-corrected chi connectivity index (χ4v) is 5.29. The van der Waals surface area contributed by atoms with Crippen LogP contribution in [0.25, 0.3) is 0 Å². The molecular weight excluding hydrogens is 549 g/mol. The third-order valence-corrected chi connectivity index (χ3v) is 7.45. The molecule has 1 amide bonds. The summed E-state index contributed by atoms with van der Waals surface area (Å²) in [5, 5.41) is 9.66. The van der Waals surface area contributed by atoms with E-state index < -0.39 is 6.36 Å². The number of hydrogen-bond acceptors (Lipinski definition) is 8. The van der Waals surface area contributed by atoms with Gasteiger partial charge in [-0.15, -0.1) is 13.2 Å². The minimum atomic E-state index is -4.74. The maximum absolute atomic E-state index is 13.0. The molecule has 0 spiro atoms. The van der Waals surface area contributed by atoms with E-state index in [0.29, 0.717) is 17.9 Å². The number of piperidine rings is 1. The van der Waals surface area contributed by atoms with Gasteiger partial charge in [0.15, 0.2) is 0 Å². The molecule has 3 aromatic rings. The van der Waals surface area contributed by atoms with Crippen LogP contribution in [-0.2, 0) is 11.3 Å². The van der Waals surface area contributed by atoms with Gasteiger partial charge in [-0.3, -0.25) is 4.79 Å². The predicted molar refractivity (Wildman–Crippen MR) is 156 cm³/mol. The highest BCUT2D eigenvalue weighted by Gasteiger charge is 2.31. The van der Waals surface area contributed by atoms with Gasteiger partial charge in [0.05, 0.1) is 18.7 Å². The fraction of sp³-hybridized carbons (Fsp3) is 0.400. The summed E-state index contributed by atoms with van der Waals surface area (Å²) in [5.74, 6) is 0.809. The lowest BCUT2D eigenvalue weighted by molar-refractivity contribution is -0.274. The van der Waals surface area contributed by atoms with Crippen LogP contribution >= 0.6 is 0 Å². The van der Waals surface area contributed by atoms with Crippen molar-refractivity contribution >= 4 is 28.8 Å². The number of nitrogens with zero attached hydrogens (tertiary/aromatic N) is 3. The largest absolute Gasteiger partial charge is 0.573 e. The fourth-order valence-electron chi connectivity index (χ4n) is 5.29. The van der Waals surface area contributed by atoms with Gasteiger partial charge in [-0.25, -0.2) is 4.98 Å². The number of nitrogens with one attached hydrogen (secondary N) is 3. The minimum Gasteiger partial charge on any atom is -0.494 e. The number of pyridine rings is 1. The SMILES string of the molecule is COc1cc(N2CCNCC2)ccc1Nc1cc(N2CCCC(C(=O)NCc3ccc(OC(F)(F)F)cc3)C2)ccn1. The molecule has 0 radical (unpaired) electrons. The molecule has 2 fully saturated rings. The standard InChI is InChI=1S/C30H35F3N6O3/c1-41-27-17-23(38-15-12-34-13-16-38)6-9-26(27)37-28-18-24(10-11-35-28)39-14-2-3-22(20-39)29(40)36-19-21-4-7-25(8-5-21)42-30(31,32)33/h4-11,17-18,22,34H,2-3,12-16,19-20H2,1H3,(H,35,37)(H,36,40). The number of hydrogen-bond donors (Lipinski definition) is 3. The van der Waals surface area contributed by atoms with Crippen LogP contribution in [0.15, 0.2) is 60.8 Å². The molecule has 12 heteroatoms. The van der Waals surface area contributed by atoms with E-state index in [4.69, 9.17) is 4.74 Å². The van der Waals surface area contributed by atoms with Crippen molar-refractivity contribution in [1.29, 1.82) is 0 Å². The van der Waals surface area contributed by atoms with E-state index in [0.717, 1.165) is 68.4 Å². The van der Waals surface area contributed by atoms with E-state index >= 15 is 0 Å². The lowest BCUT2D eigenvalue weighted by Gasteiger charge is -2.34. The molecule has 2 saturated heterocycles. The first-order valence-corrected chi connectivity index (χ1v) is 14.0. The van der Waals surface area contributed by atoms with Crippen LogP contribution in [0.4, 0.5) is 36.1 Å². The van der Waals surface area contributed by atoms with E-state index in [-0.39, 0.29) is 24.1 Å². The molecule has 0 saturated carbocycles.